The summed E-state index contributed by atoms with van der Waals surface area (Å²) in [4.78, 5) is 25.3. The number of hydrogen-bond donors (Lipinski definition) is 0. The molecule has 0 aromatic heterocycles. The Morgan fingerprint density at radius 3 is 2.45 bits per heavy atom. The van der Waals surface area contributed by atoms with E-state index in [4.69, 9.17) is 18.9 Å². The van der Waals surface area contributed by atoms with Crippen molar-refractivity contribution in [3.63, 3.8) is 0 Å². The summed E-state index contributed by atoms with van der Waals surface area (Å²) in [5.74, 6) is 1.22. The fourth-order valence-electron chi connectivity index (χ4n) is 3.29. The molecule has 6 heteroatoms. The summed E-state index contributed by atoms with van der Waals surface area (Å²) in [7, 11) is 3.11. The zero-order chi connectivity index (χ0) is 22.0. The van der Waals surface area contributed by atoms with Crippen LogP contribution in [0.2, 0.25) is 0 Å². The fraction of sp³-hybridized carbons (Fsp3) is 0.120. The Kier molecular flexibility index (Phi) is 5.45. The quantitative estimate of drug-likeness (QED) is 0.336. The maximum Gasteiger partial charge on any atom is 0.343 e. The van der Waals surface area contributed by atoms with Crippen LogP contribution in [0.4, 0.5) is 0 Å². The molecule has 1 heterocycles. The van der Waals surface area contributed by atoms with Gasteiger partial charge in [-0.1, -0.05) is 18.2 Å². The van der Waals surface area contributed by atoms with Gasteiger partial charge in [0.2, 0.25) is 5.78 Å². The predicted molar refractivity (Wildman–Crippen MR) is 115 cm³/mol. The molecule has 0 aliphatic carbocycles. The normalized spacial score (nSPS) is 13.5. The van der Waals surface area contributed by atoms with E-state index in [9.17, 15) is 9.59 Å². The van der Waals surface area contributed by atoms with Gasteiger partial charge >= 0.3 is 5.97 Å². The number of ether oxygens (including phenoxy) is 4. The van der Waals surface area contributed by atoms with Gasteiger partial charge in [0.25, 0.3) is 0 Å². The van der Waals surface area contributed by atoms with E-state index in [-0.39, 0.29) is 11.5 Å². The first kappa shape index (κ1) is 20.2. The summed E-state index contributed by atoms with van der Waals surface area (Å²) in [6, 6.07) is 17.1. The molecule has 4 rings (SSSR count). The Morgan fingerprint density at radius 1 is 0.935 bits per heavy atom. The van der Waals surface area contributed by atoms with Crippen molar-refractivity contribution in [2.75, 3.05) is 14.2 Å². The third-order valence-corrected chi connectivity index (χ3v) is 4.94. The van der Waals surface area contributed by atoms with Crippen molar-refractivity contribution in [3.8, 4) is 23.0 Å². The van der Waals surface area contributed by atoms with Gasteiger partial charge in [0, 0.05) is 11.6 Å². The van der Waals surface area contributed by atoms with Crippen molar-refractivity contribution >= 4 is 17.8 Å². The van der Waals surface area contributed by atoms with Gasteiger partial charge in [-0.2, -0.15) is 0 Å². The van der Waals surface area contributed by atoms with E-state index in [2.05, 4.69) is 0 Å². The standard InChI is InChI=1S/C25H20O6/c1-15-6-4-5-7-19(15)25(27)30-18-8-10-20-22(14-18)31-23(24(20)26)13-16-12-17(28-2)9-11-21(16)29-3/h4-14H,1-3H3/b23-13-. The number of esters is 1. The van der Waals surface area contributed by atoms with Crippen molar-refractivity contribution in [3.05, 3.63) is 88.7 Å². The second-order valence-electron chi connectivity index (χ2n) is 6.91. The van der Waals surface area contributed by atoms with Gasteiger partial charge in [-0.15, -0.1) is 0 Å². The van der Waals surface area contributed by atoms with Crippen LogP contribution in [0.3, 0.4) is 0 Å². The number of ketones is 1. The first-order valence-electron chi connectivity index (χ1n) is 9.58. The van der Waals surface area contributed by atoms with Gasteiger partial charge < -0.3 is 18.9 Å². The number of Topliss-reactive ketones (excluding diaryl/α,β-unsaturated/α-hetero) is 1. The van der Waals surface area contributed by atoms with E-state index in [1.807, 2.05) is 19.1 Å². The Balaban J connectivity index is 1.60. The molecule has 0 saturated carbocycles. The summed E-state index contributed by atoms with van der Waals surface area (Å²) in [6.07, 6.45) is 1.60. The zero-order valence-electron chi connectivity index (χ0n) is 17.3. The molecule has 3 aromatic rings. The topological polar surface area (TPSA) is 71.1 Å². The monoisotopic (exact) mass is 416 g/mol. The first-order chi connectivity index (χ1) is 15.0. The molecular weight excluding hydrogens is 396 g/mol. The summed E-state index contributed by atoms with van der Waals surface area (Å²) < 4.78 is 21.9. The number of hydrogen-bond acceptors (Lipinski definition) is 6. The van der Waals surface area contributed by atoms with E-state index in [1.165, 1.54) is 6.07 Å². The summed E-state index contributed by atoms with van der Waals surface area (Å²) >= 11 is 0. The van der Waals surface area contributed by atoms with Crippen molar-refractivity contribution in [1.82, 2.24) is 0 Å². The van der Waals surface area contributed by atoms with Crippen molar-refractivity contribution in [2.24, 2.45) is 0 Å². The lowest BCUT2D eigenvalue weighted by molar-refractivity contribution is 0.0733. The maximum absolute atomic E-state index is 12.8. The molecule has 0 saturated heterocycles. The Bertz CT molecular complexity index is 1210. The third kappa shape index (κ3) is 4.00. The van der Waals surface area contributed by atoms with Crippen LogP contribution in [0.15, 0.2) is 66.4 Å². The second kappa shape index (κ2) is 8.36. The number of methoxy groups -OCH3 is 2. The highest BCUT2D eigenvalue weighted by atomic mass is 16.5. The molecule has 1 aliphatic rings. The van der Waals surface area contributed by atoms with Crippen LogP contribution in [0.5, 0.6) is 23.0 Å². The van der Waals surface area contributed by atoms with Crippen molar-refractivity contribution in [2.45, 2.75) is 6.92 Å². The Morgan fingerprint density at radius 2 is 1.71 bits per heavy atom. The number of fused-ring (bicyclic) bond motifs is 1. The first-order valence-corrected chi connectivity index (χ1v) is 9.58. The number of allylic oxidation sites excluding steroid dienone is 1. The SMILES string of the molecule is COc1ccc(OC)c(/C=C2\Oc3cc(OC(=O)c4ccccc4C)ccc3C2=O)c1. The minimum atomic E-state index is -0.473. The minimum Gasteiger partial charge on any atom is -0.497 e. The van der Waals surface area contributed by atoms with Crippen LogP contribution in [-0.2, 0) is 0 Å². The van der Waals surface area contributed by atoms with Gasteiger partial charge in [0.15, 0.2) is 5.76 Å². The van der Waals surface area contributed by atoms with Gasteiger partial charge in [-0.3, -0.25) is 4.79 Å². The van der Waals surface area contributed by atoms with Crippen LogP contribution >= 0.6 is 0 Å². The largest absolute Gasteiger partial charge is 0.497 e. The van der Waals surface area contributed by atoms with Gasteiger partial charge in [-0.25, -0.2) is 4.79 Å². The summed E-state index contributed by atoms with van der Waals surface area (Å²) in [5, 5.41) is 0. The predicted octanol–water partition coefficient (Wildman–Crippen LogP) is 4.85. The van der Waals surface area contributed by atoms with Crippen molar-refractivity contribution in [1.29, 1.82) is 0 Å². The summed E-state index contributed by atoms with van der Waals surface area (Å²) in [5.41, 5.74) is 2.33. The highest BCUT2D eigenvalue weighted by molar-refractivity contribution is 6.14. The molecule has 0 radical (unpaired) electrons. The lowest BCUT2D eigenvalue weighted by Gasteiger charge is -2.08. The van der Waals surface area contributed by atoms with E-state index >= 15 is 0 Å². The lowest BCUT2D eigenvalue weighted by atomic mass is 10.1. The van der Waals surface area contributed by atoms with Crippen LogP contribution in [0.1, 0.15) is 31.8 Å². The highest BCUT2D eigenvalue weighted by Gasteiger charge is 2.28. The number of carbonyl (C=O) groups is 2. The average molecular weight is 416 g/mol. The molecule has 0 bridgehead atoms. The minimum absolute atomic E-state index is 0.143. The van der Waals surface area contributed by atoms with E-state index < -0.39 is 5.97 Å². The van der Waals surface area contributed by atoms with Crippen LogP contribution in [0.25, 0.3) is 6.08 Å². The van der Waals surface area contributed by atoms with E-state index in [1.54, 1.807) is 62.8 Å². The molecule has 0 N–H and O–H groups in total. The van der Waals surface area contributed by atoms with Crippen LogP contribution in [0, 0.1) is 6.92 Å². The highest BCUT2D eigenvalue weighted by Crippen LogP contribution is 2.36. The molecule has 6 nitrogen and oxygen atoms in total. The molecule has 156 valence electrons. The number of aryl methyl sites for hydroxylation is 1. The number of rotatable bonds is 5. The molecule has 3 aromatic carbocycles. The number of benzene rings is 3. The molecule has 0 atom stereocenters. The lowest BCUT2D eigenvalue weighted by Crippen LogP contribution is -2.10. The number of carbonyl (C=O) groups excluding carboxylic acids is 2. The molecule has 0 amide bonds. The second-order valence-corrected chi connectivity index (χ2v) is 6.91. The smallest absolute Gasteiger partial charge is 0.343 e. The van der Waals surface area contributed by atoms with E-state index in [0.29, 0.717) is 39.7 Å². The van der Waals surface area contributed by atoms with Gasteiger partial charge in [0.1, 0.15) is 23.0 Å². The molecule has 0 fully saturated rings. The third-order valence-electron chi connectivity index (χ3n) is 4.94. The molecule has 31 heavy (non-hydrogen) atoms. The van der Waals surface area contributed by atoms with Gasteiger partial charge in [0.05, 0.1) is 25.3 Å². The van der Waals surface area contributed by atoms with Crippen LogP contribution < -0.4 is 18.9 Å². The Labute approximate surface area is 179 Å². The molecule has 0 spiro atoms. The molecule has 1 aliphatic heterocycles. The van der Waals surface area contributed by atoms with Gasteiger partial charge in [-0.05, 0) is 55.0 Å². The molecule has 0 unspecified atom stereocenters. The maximum atomic E-state index is 12.8. The summed E-state index contributed by atoms with van der Waals surface area (Å²) in [6.45, 7) is 1.84. The fourth-order valence-corrected chi connectivity index (χ4v) is 3.29. The van der Waals surface area contributed by atoms with Crippen molar-refractivity contribution < 1.29 is 28.5 Å². The van der Waals surface area contributed by atoms with E-state index in [0.717, 1.165) is 5.56 Å². The Hall–Kier alpha value is -4.06. The van der Waals surface area contributed by atoms with Crippen LogP contribution in [-0.4, -0.2) is 26.0 Å². The zero-order valence-corrected chi connectivity index (χ0v) is 17.3. The molecular formula is C25H20O6. The average Bonchev–Trinajstić information content (AvgIpc) is 3.08.